The smallest absolute Gasteiger partial charge is 0.309 e. The van der Waals surface area contributed by atoms with Crippen molar-refractivity contribution < 1.29 is 27.1 Å². The van der Waals surface area contributed by atoms with E-state index in [4.69, 9.17) is 4.74 Å². The predicted molar refractivity (Wildman–Crippen MR) is 112 cm³/mol. The highest BCUT2D eigenvalue weighted by Crippen LogP contribution is 2.24. The molecule has 2 aromatic carbocycles. The molecule has 1 heterocycles. The van der Waals surface area contributed by atoms with Gasteiger partial charge in [0.1, 0.15) is 5.82 Å². The van der Waals surface area contributed by atoms with Crippen molar-refractivity contribution in [3.63, 3.8) is 0 Å². The minimum Gasteiger partial charge on any atom is -0.455 e. The van der Waals surface area contributed by atoms with Crippen LogP contribution in [-0.4, -0.2) is 56.2 Å². The minimum absolute atomic E-state index is 0.0157. The Kier molecular flexibility index (Phi) is 7.40. The summed E-state index contributed by atoms with van der Waals surface area (Å²) in [5.41, 5.74) is 0.972. The Hall–Kier alpha value is -2.78. The third kappa shape index (κ3) is 5.89. The van der Waals surface area contributed by atoms with Gasteiger partial charge in [0, 0.05) is 26.7 Å². The fourth-order valence-electron chi connectivity index (χ4n) is 3.39. The van der Waals surface area contributed by atoms with Gasteiger partial charge in [0.2, 0.25) is 10.0 Å². The second kappa shape index (κ2) is 10.0. The van der Waals surface area contributed by atoms with Gasteiger partial charge in [-0.25, -0.2) is 12.8 Å². The van der Waals surface area contributed by atoms with Crippen molar-refractivity contribution in [2.24, 2.45) is 5.92 Å². The topological polar surface area (TPSA) is 84.0 Å². The Morgan fingerprint density at radius 3 is 2.29 bits per heavy atom. The molecule has 1 aliphatic rings. The second-order valence-corrected chi connectivity index (χ2v) is 9.41. The molecule has 0 atom stereocenters. The monoisotopic (exact) mass is 448 g/mol. The summed E-state index contributed by atoms with van der Waals surface area (Å²) >= 11 is 0. The van der Waals surface area contributed by atoms with Gasteiger partial charge in [-0.1, -0.05) is 30.3 Å². The zero-order valence-corrected chi connectivity index (χ0v) is 18.1. The number of hydrogen-bond donors (Lipinski definition) is 0. The van der Waals surface area contributed by atoms with Crippen LogP contribution in [0.3, 0.4) is 0 Å². The summed E-state index contributed by atoms with van der Waals surface area (Å²) in [6, 6.07) is 14.1. The van der Waals surface area contributed by atoms with E-state index in [1.165, 1.54) is 21.3 Å². The van der Waals surface area contributed by atoms with Crippen molar-refractivity contribution in [2.45, 2.75) is 24.3 Å². The van der Waals surface area contributed by atoms with Crippen molar-refractivity contribution in [3.8, 4) is 0 Å². The van der Waals surface area contributed by atoms with Crippen molar-refractivity contribution >= 4 is 21.9 Å². The average molecular weight is 449 g/mol. The standard InChI is InChI=1S/C22H25FN2O5S/c1-24(15-17-5-3-2-4-6-17)21(26)16-30-22(27)18-11-13-25(14-12-18)31(28,29)20-9-7-19(23)8-10-20/h2-10,18H,11-16H2,1H3. The molecule has 1 saturated heterocycles. The Labute approximate surface area is 181 Å². The molecule has 0 radical (unpaired) electrons. The Morgan fingerprint density at radius 2 is 1.68 bits per heavy atom. The number of hydrogen-bond acceptors (Lipinski definition) is 5. The lowest BCUT2D eigenvalue weighted by molar-refractivity contribution is -0.156. The van der Waals surface area contributed by atoms with Crippen LogP contribution in [0.5, 0.6) is 0 Å². The molecule has 1 fully saturated rings. The van der Waals surface area contributed by atoms with Gasteiger partial charge >= 0.3 is 5.97 Å². The molecular weight excluding hydrogens is 423 g/mol. The fraction of sp³-hybridized carbons (Fsp3) is 0.364. The van der Waals surface area contributed by atoms with Gasteiger partial charge in [0.05, 0.1) is 10.8 Å². The SMILES string of the molecule is CN(Cc1ccccc1)C(=O)COC(=O)C1CCN(S(=O)(=O)c2ccc(F)cc2)CC1. The van der Waals surface area contributed by atoms with Crippen molar-refractivity contribution in [2.75, 3.05) is 26.7 Å². The largest absolute Gasteiger partial charge is 0.455 e. The lowest BCUT2D eigenvalue weighted by Crippen LogP contribution is -2.41. The third-order valence-electron chi connectivity index (χ3n) is 5.26. The third-order valence-corrected chi connectivity index (χ3v) is 7.18. The second-order valence-electron chi connectivity index (χ2n) is 7.48. The first-order valence-corrected chi connectivity index (χ1v) is 11.4. The van der Waals surface area contributed by atoms with Crippen LogP contribution in [0.1, 0.15) is 18.4 Å². The number of likely N-dealkylation sites (N-methyl/N-ethyl adjacent to an activating group) is 1. The summed E-state index contributed by atoms with van der Waals surface area (Å²) in [5, 5.41) is 0. The van der Waals surface area contributed by atoms with Crippen LogP contribution in [-0.2, 0) is 30.9 Å². The molecule has 0 aromatic heterocycles. The summed E-state index contributed by atoms with van der Waals surface area (Å²) in [5.74, 6) is -1.79. The first-order valence-electron chi connectivity index (χ1n) is 9.97. The molecule has 1 amide bonds. The molecule has 31 heavy (non-hydrogen) atoms. The van der Waals surface area contributed by atoms with E-state index in [-0.39, 0.29) is 30.5 Å². The average Bonchev–Trinajstić information content (AvgIpc) is 2.78. The number of piperidine rings is 1. The van der Waals surface area contributed by atoms with Crippen molar-refractivity contribution in [1.29, 1.82) is 0 Å². The molecule has 0 aliphatic carbocycles. The molecule has 1 aliphatic heterocycles. The van der Waals surface area contributed by atoms with E-state index in [1.54, 1.807) is 7.05 Å². The number of sulfonamides is 1. The number of rotatable bonds is 7. The van der Waals surface area contributed by atoms with E-state index in [9.17, 15) is 22.4 Å². The summed E-state index contributed by atoms with van der Waals surface area (Å²) < 4.78 is 44.8. The van der Waals surface area contributed by atoms with Gasteiger partial charge in [-0.15, -0.1) is 0 Å². The highest BCUT2D eigenvalue weighted by molar-refractivity contribution is 7.89. The summed E-state index contributed by atoms with van der Waals surface area (Å²) in [6.45, 7) is 0.371. The Balaban J connectivity index is 1.46. The van der Waals surface area contributed by atoms with Crippen LogP contribution in [0.2, 0.25) is 0 Å². The molecule has 0 N–H and O–H groups in total. The number of benzene rings is 2. The number of halogens is 1. The van der Waals surface area contributed by atoms with Gasteiger partial charge in [-0.3, -0.25) is 9.59 Å². The van der Waals surface area contributed by atoms with Crippen LogP contribution >= 0.6 is 0 Å². The van der Waals surface area contributed by atoms with Gasteiger partial charge in [-0.05, 0) is 42.7 Å². The number of amides is 1. The minimum atomic E-state index is -3.74. The van der Waals surface area contributed by atoms with Crippen LogP contribution in [0.4, 0.5) is 4.39 Å². The molecule has 2 aromatic rings. The fourth-order valence-corrected chi connectivity index (χ4v) is 4.86. The highest BCUT2D eigenvalue weighted by atomic mass is 32.2. The van der Waals surface area contributed by atoms with E-state index in [0.717, 1.165) is 17.7 Å². The lowest BCUT2D eigenvalue weighted by atomic mass is 9.98. The van der Waals surface area contributed by atoms with Gasteiger partial charge < -0.3 is 9.64 Å². The van der Waals surface area contributed by atoms with Crippen molar-refractivity contribution in [1.82, 2.24) is 9.21 Å². The maximum absolute atomic E-state index is 13.1. The van der Waals surface area contributed by atoms with Gasteiger partial charge in [0.15, 0.2) is 6.61 Å². The number of esters is 1. The van der Waals surface area contributed by atoms with E-state index in [2.05, 4.69) is 0 Å². The Bertz CT molecular complexity index is 1000. The molecule has 0 saturated carbocycles. The molecule has 9 heteroatoms. The lowest BCUT2D eigenvalue weighted by Gasteiger charge is -2.30. The molecule has 7 nitrogen and oxygen atoms in total. The molecular formula is C22H25FN2O5S. The van der Waals surface area contributed by atoms with Crippen LogP contribution in [0.25, 0.3) is 0 Å². The van der Waals surface area contributed by atoms with E-state index >= 15 is 0 Å². The first kappa shape index (κ1) is 22.9. The normalized spacial score (nSPS) is 15.4. The molecule has 0 bridgehead atoms. The van der Waals surface area contributed by atoms with E-state index < -0.39 is 27.7 Å². The maximum atomic E-state index is 13.1. The zero-order chi connectivity index (χ0) is 22.4. The number of carbonyl (C=O) groups is 2. The van der Waals surface area contributed by atoms with Crippen LogP contribution < -0.4 is 0 Å². The van der Waals surface area contributed by atoms with Crippen LogP contribution in [0, 0.1) is 11.7 Å². The quantitative estimate of drug-likeness (QED) is 0.608. The number of carbonyl (C=O) groups excluding carboxylic acids is 2. The number of nitrogens with zero attached hydrogens (tertiary/aromatic N) is 2. The number of ether oxygens (including phenoxy) is 1. The van der Waals surface area contributed by atoms with Gasteiger partial charge in [-0.2, -0.15) is 4.31 Å². The van der Waals surface area contributed by atoms with Crippen LogP contribution in [0.15, 0.2) is 59.5 Å². The molecule has 3 rings (SSSR count). The summed E-state index contributed by atoms with van der Waals surface area (Å²) in [7, 11) is -2.10. The maximum Gasteiger partial charge on any atom is 0.309 e. The molecule has 166 valence electrons. The first-order chi connectivity index (χ1) is 14.8. The molecule has 0 spiro atoms. The summed E-state index contributed by atoms with van der Waals surface area (Å²) in [4.78, 5) is 26.1. The van der Waals surface area contributed by atoms with Gasteiger partial charge in [0.25, 0.3) is 5.91 Å². The Morgan fingerprint density at radius 1 is 1.06 bits per heavy atom. The highest BCUT2D eigenvalue weighted by Gasteiger charge is 2.33. The summed E-state index contributed by atoms with van der Waals surface area (Å²) in [6.07, 6.45) is 0.598. The molecule has 0 unspecified atom stereocenters. The van der Waals surface area contributed by atoms with E-state index in [0.29, 0.717) is 19.4 Å². The van der Waals surface area contributed by atoms with E-state index in [1.807, 2.05) is 30.3 Å². The predicted octanol–water partition coefficient (Wildman–Crippen LogP) is 2.43. The zero-order valence-electron chi connectivity index (χ0n) is 17.2. The van der Waals surface area contributed by atoms with Crippen molar-refractivity contribution in [3.05, 3.63) is 66.0 Å².